The molecular formula is C11H22N2OS. The molecule has 0 aromatic carbocycles. The lowest BCUT2D eigenvalue weighted by molar-refractivity contribution is 0.140. The van der Waals surface area contributed by atoms with Crippen LogP contribution in [0.3, 0.4) is 0 Å². The van der Waals surface area contributed by atoms with E-state index in [1.165, 1.54) is 0 Å². The molecule has 0 aliphatic carbocycles. The Balaban J connectivity index is 2.57. The first-order chi connectivity index (χ1) is 6.91. The highest BCUT2D eigenvalue weighted by molar-refractivity contribution is 8.14. The van der Waals surface area contributed by atoms with Crippen molar-refractivity contribution in [3.8, 4) is 0 Å². The van der Waals surface area contributed by atoms with Gasteiger partial charge in [0.2, 0.25) is 0 Å². The van der Waals surface area contributed by atoms with Crippen molar-refractivity contribution in [2.45, 2.75) is 45.2 Å². The van der Waals surface area contributed by atoms with E-state index >= 15 is 0 Å². The van der Waals surface area contributed by atoms with Crippen molar-refractivity contribution in [2.75, 3.05) is 19.5 Å². The van der Waals surface area contributed by atoms with Crippen molar-refractivity contribution >= 4 is 16.9 Å². The molecule has 0 amide bonds. The first-order valence-corrected chi connectivity index (χ1v) is 6.39. The first-order valence-electron chi connectivity index (χ1n) is 5.40. The first kappa shape index (κ1) is 12.8. The number of hydrogen-bond acceptors (Lipinski definition) is 4. The second-order valence-electron chi connectivity index (χ2n) is 5.00. The summed E-state index contributed by atoms with van der Waals surface area (Å²) in [6, 6.07) is 0. The van der Waals surface area contributed by atoms with Crippen LogP contribution < -0.4 is 5.32 Å². The van der Waals surface area contributed by atoms with Gasteiger partial charge in [-0.3, -0.25) is 4.99 Å². The molecule has 4 heteroatoms. The van der Waals surface area contributed by atoms with Gasteiger partial charge >= 0.3 is 0 Å². The number of rotatable bonds is 4. The molecule has 0 saturated carbocycles. The summed E-state index contributed by atoms with van der Waals surface area (Å²) in [6.45, 7) is 9.34. The second kappa shape index (κ2) is 4.74. The maximum Gasteiger partial charge on any atom is 0.157 e. The summed E-state index contributed by atoms with van der Waals surface area (Å²) in [5.74, 6) is 1.08. The Morgan fingerprint density at radius 2 is 2.27 bits per heavy atom. The zero-order chi connectivity index (χ0) is 11.5. The van der Waals surface area contributed by atoms with E-state index in [9.17, 15) is 0 Å². The van der Waals surface area contributed by atoms with Crippen molar-refractivity contribution < 1.29 is 4.74 Å². The number of nitrogens with one attached hydrogen (secondary N) is 1. The molecule has 88 valence electrons. The fraction of sp³-hybridized carbons (Fsp3) is 0.909. The molecule has 15 heavy (non-hydrogen) atoms. The van der Waals surface area contributed by atoms with Crippen LogP contribution in [0.2, 0.25) is 0 Å². The molecule has 1 aliphatic heterocycles. The van der Waals surface area contributed by atoms with Crippen molar-refractivity contribution in [3.05, 3.63) is 0 Å². The van der Waals surface area contributed by atoms with Crippen molar-refractivity contribution in [2.24, 2.45) is 4.99 Å². The molecule has 0 spiro atoms. The standard InChI is InChI=1S/C11H22N2OS/c1-6-11(4)8-15-9(13-11)12-10(2,3)7-14-5/h6-8H2,1-5H3,(H,12,13). The molecule has 1 unspecified atom stereocenters. The molecule has 1 rings (SSSR count). The minimum Gasteiger partial charge on any atom is -0.382 e. The highest BCUT2D eigenvalue weighted by Gasteiger charge is 2.31. The number of thioether (sulfide) groups is 1. The Bertz CT molecular complexity index is 253. The number of hydrogen-bond donors (Lipinski definition) is 1. The molecule has 0 aromatic rings. The van der Waals surface area contributed by atoms with Crippen molar-refractivity contribution in [3.63, 3.8) is 0 Å². The zero-order valence-corrected chi connectivity index (χ0v) is 11.2. The van der Waals surface area contributed by atoms with E-state index in [1.807, 2.05) is 11.8 Å². The monoisotopic (exact) mass is 230 g/mol. The van der Waals surface area contributed by atoms with E-state index < -0.39 is 0 Å². The summed E-state index contributed by atoms with van der Waals surface area (Å²) in [5, 5.41) is 4.49. The number of ether oxygens (including phenoxy) is 1. The summed E-state index contributed by atoms with van der Waals surface area (Å²) in [6.07, 6.45) is 1.09. The van der Waals surface area contributed by atoms with Crippen LogP contribution in [0.25, 0.3) is 0 Å². The average Bonchev–Trinajstić information content (AvgIpc) is 2.47. The molecule has 1 heterocycles. The molecule has 0 saturated heterocycles. The Morgan fingerprint density at radius 1 is 1.60 bits per heavy atom. The lowest BCUT2D eigenvalue weighted by Crippen LogP contribution is -2.45. The molecule has 3 nitrogen and oxygen atoms in total. The maximum absolute atomic E-state index is 5.17. The third-order valence-corrected chi connectivity index (χ3v) is 3.84. The molecule has 0 radical (unpaired) electrons. The average molecular weight is 230 g/mol. The van der Waals surface area contributed by atoms with Crippen LogP contribution in [0.4, 0.5) is 0 Å². The second-order valence-corrected chi connectivity index (χ2v) is 5.96. The van der Waals surface area contributed by atoms with Gasteiger partial charge in [-0.15, -0.1) is 0 Å². The van der Waals surface area contributed by atoms with Crippen LogP contribution in [-0.2, 0) is 4.74 Å². The van der Waals surface area contributed by atoms with E-state index in [0.29, 0.717) is 6.61 Å². The quantitative estimate of drug-likeness (QED) is 0.804. The van der Waals surface area contributed by atoms with Gasteiger partial charge in [0, 0.05) is 12.9 Å². The summed E-state index contributed by atoms with van der Waals surface area (Å²) in [7, 11) is 1.73. The Morgan fingerprint density at radius 3 is 2.73 bits per heavy atom. The summed E-state index contributed by atoms with van der Waals surface area (Å²) in [4.78, 5) is 4.72. The molecular weight excluding hydrogens is 208 g/mol. The van der Waals surface area contributed by atoms with E-state index in [2.05, 4.69) is 33.0 Å². The van der Waals surface area contributed by atoms with Gasteiger partial charge in [0.1, 0.15) is 0 Å². The molecule has 1 atom stereocenters. The molecule has 1 aliphatic rings. The van der Waals surface area contributed by atoms with E-state index in [1.54, 1.807) is 7.11 Å². The summed E-state index contributed by atoms with van der Waals surface area (Å²) >= 11 is 1.81. The van der Waals surface area contributed by atoms with Crippen LogP contribution in [0.5, 0.6) is 0 Å². The van der Waals surface area contributed by atoms with Crippen LogP contribution in [0.1, 0.15) is 34.1 Å². The number of methoxy groups -OCH3 is 1. The van der Waals surface area contributed by atoms with Gasteiger partial charge in [0.05, 0.1) is 17.7 Å². The third kappa shape index (κ3) is 3.68. The predicted molar refractivity (Wildman–Crippen MR) is 67.7 cm³/mol. The molecule has 0 fully saturated rings. The Labute approximate surface area is 97.1 Å². The fourth-order valence-corrected chi connectivity index (χ4v) is 2.81. The van der Waals surface area contributed by atoms with Crippen LogP contribution >= 0.6 is 11.8 Å². The van der Waals surface area contributed by atoms with Gasteiger partial charge in [-0.1, -0.05) is 18.7 Å². The van der Waals surface area contributed by atoms with Gasteiger partial charge in [0.25, 0.3) is 0 Å². The minimum absolute atomic E-state index is 0.0421. The van der Waals surface area contributed by atoms with Crippen molar-refractivity contribution in [1.82, 2.24) is 5.32 Å². The maximum atomic E-state index is 5.17. The van der Waals surface area contributed by atoms with Gasteiger partial charge in [0.15, 0.2) is 5.17 Å². The van der Waals surface area contributed by atoms with Gasteiger partial charge in [-0.05, 0) is 27.2 Å². The lowest BCUT2D eigenvalue weighted by atomic mass is 10.0. The highest BCUT2D eigenvalue weighted by Crippen LogP contribution is 2.29. The topological polar surface area (TPSA) is 33.6 Å². The SMILES string of the molecule is CCC1(C)CSC(NC(C)(C)COC)=N1. The number of aliphatic imine (C=N–C) groups is 1. The number of amidine groups is 1. The summed E-state index contributed by atoms with van der Waals surface area (Å²) < 4.78 is 5.17. The predicted octanol–water partition coefficient (Wildman–Crippen LogP) is 2.27. The largest absolute Gasteiger partial charge is 0.382 e. The lowest BCUT2D eigenvalue weighted by Gasteiger charge is -2.26. The van der Waals surface area contributed by atoms with Crippen LogP contribution in [0, 0.1) is 0 Å². The molecule has 0 aromatic heterocycles. The highest BCUT2D eigenvalue weighted by atomic mass is 32.2. The number of nitrogens with zero attached hydrogens (tertiary/aromatic N) is 1. The Hall–Kier alpha value is -0.220. The van der Waals surface area contributed by atoms with E-state index in [-0.39, 0.29) is 11.1 Å². The zero-order valence-electron chi connectivity index (χ0n) is 10.4. The minimum atomic E-state index is -0.0421. The van der Waals surface area contributed by atoms with E-state index in [0.717, 1.165) is 17.3 Å². The Kier molecular flexibility index (Phi) is 4.06. The van der Waals surface area contributed by atoms with Gasteiger partial charge < -0.3 is 10.1 Å². The van der Waals surface area contributed by atoms with Crippen LogP contribution in [-0.4, -0.2) is 35.7 Å². The fourth-order valence-electron chi connectivity index (χ4n) is 1.47. The normalized spacial score (nSPS) is 26.6. The van der Waals surface area contributed by atoms with Crippen molar-refractivity contribution in [1.29, 1.82) is 0 Å². The van der Waals surface area contributed by atoms with Gasteiger partial charge in [-0.2, -0.15) is 0 Å². The molecule has 0 bridgehead atoms. The smallest absolute Gasteiger partial charge is 0.157 e. The third-order valence-electron chi connectivity index (χ3n) is 2.60. The van der Waals surface area contributed by atoms with Crippen LogP contribution in [0.15, 0.2) is 4.99 Å². The van der Waals surface area contributed by atoms with Gasteiger partial charge in [-0.25, -0.2) is 0 Å². The van der Waals surface area contributed by atoms with E-state index in [4.69, 9.17) is 9.73 Å². The summed E-state index contributed by atoms with van der Waals surface area (Å²) in [5.41, 5.74) is 0.0791. The molecule has 1 N–H and O–H groups in total.